The van der Waals surface area contributed by atoms with Gasteiger partial charge in [0.05, 0.1) is 11.8 Å². The molecule has 16 heavy (non-hydrogen) atoms. The molecule has 0 spiro atoms. The Morgan fingerprint density at radius 3 is 2.50 bits per heavy atom. The van der Waals surface area contributed by atoms with Gasteiger partial charge in [-0.1, -0.05) is 27.7 Å². The first kappa shape index (κ1) is 13.2. The van der Waals surface area contributed by atoms with E-state index in [1.807, 2.05) is 19.3 Å². The molecular weight excluding hydrogens is 200 g/mol. The average molecular weight is 224 g/mol. The smallest absolute Gasteiger partial charge is 0.0980 e. The van der Waals surface area contributed by atoms with Crippen LogP contribution in [0.3, 0.4) is 0 Å². The van der Waals surface area contributed by atoms with Gasteiger partial charge in [-0.3, -0.25) is 4.68 Å². The number of aliphatic hydroxyl groups excluding tert-OH is 1. The third-order valence-corrected chi connectivity index (χ3v) is 2.66. The van der Waals surface area contributed by atoms with E-state index in [1.54, 1.807) is 4.68 Å². The molecule has 2 unspecified atom stereocenters. The zero-order valence-corrected chi connectivity index (χ0v) is 11.1. The lowest BCUT2D eigenvalue weighted by Crippen LogP contribution is -2.14. The highest BCUT2D eigenvalue weighted by Gasteiger charge is 2.19. The first-order chi connectivity index (χ1) is 7.28. The van der Waals surface area contributed by atoms with Crippen LogP contribution in [0.1, 0.15) is 52.3 Å². The SMILES string of the molecule is CC(CC(O)c1ccn(C)n1)CC(C)(C)C. The molecule has 1 heterocycles. The molecule has 2 atom stereocenters. The van der Waals surface area contributed by atoms with Gasteiger partial charge in [-0.15, -0.1) is 0 Å². The largest absolute Gasteiger partial charge is 0.387 e. The molecule has 1 N–H and O–H groups in total. The molecule has 92 valence electrons. The molecule has 0 aliphatic rings. The number of nitrogens with zero attached hydrogens (tertiary/aromatic N) is 2. The first-order valence-electron chi connectivity index (χ1n) is 5.95. The van der Waals surface area contributed by atoms with Gasteiger partial charge in [-0.2, -0.15) is 5.10 Å². The summed E-state index contributed by atoms with van der Waals surface area (Å²) >= 11 is 0. The molecule has 1 aromatic heterocycles. The van der Waals surface area contributed by atoms with Gasteiger partial charge < -0.3 is 5.11 Å². The lowest BCUT2D eigenvalue weighted by Gasteiger charge is -2.24. The summed E-state index contributed by atoms with van der Waals surface area (Å²) in [4.78, 5) is 0. The molecule has 3 nitrogen and oxygen atoms in total. The number of aliphatic hydroxyl groups is 1. The third-order valence-electron chi connectivity index (χ3n) is 2.66. The van der Waals surface area contributed by atoms with Crippen molar-refractivity contribution in [3.63, 3.8) is 0 Å². The minimum atomic E-state index is -0.432. The second-order valence-electron chi connectivity index (χ2n) is 6.04. The van der Waals surface area contributed by atoms with Gasteiger partial charge in [-0.25, -0.2) is 0 Å². The van der Waals surface area contributed by atoms with Crippen LogP contribution in [-0.4, -0.2) is 14.9 Å². The Kier molecular flexibility index (Phi) is 4.14. The molecule has 0 fully saturated rings. The van der Waals surface area contributed by atoms with Crippen LogP contribution in [0, 0.1) is 11.3 Å². The Labute approximate surface area is 98.5 Å². The van der Waals surface area contributed by atoms with E-state index in [0.29, 0.717) is 11.3 Å². The van der Waals surface area contributed by atoms with E-state index in [9.17, 15) is 5.11 Å². The van der Waals surface area contributed by atoms with Crippen LogP contribution in [0.25, 0.3) is 0 Å². The molecule has 0 amide bonds. The lowest BCUT2D eigenvalue weighted by atomic mass is 9.83. The lowest BCUT2D eigenvalue weighted by molar-refractivity contribution is 0.129. The Bertz CT molecular complexity index is 325. The minimum Gasteiger partial charge on any atom is -0.387 e. The van der Waals surface area contributed by atoms with Crippen molar-refractivity contribution in [1.82, 2.24) is 9.78 Å². The van der Waals surface area contributed by atoms with Gasteiger partial charge in [0.15, 0.2) is 0 Å². The Morgan fingerprint density at radius 2 is 2.06 bits per heavy atom. The maximum atomic E-state index is 10.0. The summed E-state index contributed by atoms with van der Waals surface area (Å²) in [5.41, 5.74) is 1.10. The van der Waals surface area contributed by atoms with Crippen LogP contribution in [0.5, 0.6) is 0 Å². The van der Waals surface area contributed by atoms with Gasteiger partial charge >= 0.3 is 0 Å². The summed E-state index contributed by atoms with van der Waals surface area (Å²) in [6.45, 7) is 8.89. The summed E-state index contributed by atoms with van der Waals surface area (Å²) in [6, 6.07) is 1.88. The van der Waals surface area contributed by atoms with Gasteiger partial charge in [-0.05, 0) is 30.2 Å². The highest BCUT2D eigenvalue weighted by Crippen LogP contribution is 2.29. The van der Waals surface area contributed by atoms with Crippen molar-refractivity contribution in [3.05, 3.63) is 18.0 Å². The first-order valence-corrected chi connectivity index (χ1v) is 5.95. The van der Waals surface area contributed by atoms with E-state index in [1.165, 1.54) is 0 Å². The van der Waals surface area contributed by atoms with Crippen LogP contribution in [0.2, 0.25) is 0 Å². The molecule has 0 saturated heterocycles. The van der Waals surface area contributed by atoms with E-state index in [-0.39, 0.29) is 0 Å². The predicted octanol–water partition coefficient (Wildman–Crippen LogP) is 2.92. The van der Waals surface area contributed by atoms with Crippen LogP contribution >= 0.6 is 0 Å². The maximum Gasteiger partial charge on any atom is 0.0980 e. The Morgan fingerprint density at radius 1 is 1.44 bits per heavy atom. The van der Waals surface area contributed by atoms with Crippen molar-refractivity contribution in [2.45, 2.75) is 46.6 Å². The average Bonchev–Trinajstić information content (AvgIpc) is 2.47. The van der Waals surface area contributed by atoms with Gasteiger partial charge in [0.25, 0.3) is 0 Å². The number of hydrogen-bond acceptors (Lipinski definition) is 2. The van der Waals surface area contributed by atoms with Crippen molar-refractivity contribution in [2.75, 3.05) is 0 Å². The van der Waals surface area contributed by atoms with E-state index in [2.05, 4.69) is 32.8 Å². The van der Waals surface area contributed by atoms with Crippen molar-refractivity contribution in [1.29, 1.82) is 0 Å². The van der Waals surface area contributed by atoms with E-state index in [4.69, 9.17) is 0 Å². The maximum absolute atomic E-state index is 10.0. The Balaban J connectivity index is 2.48. The summed E-state index contributed by atoms with van der Waals surface area (Å²) in [5.74, 6) is 0.511. The standard InChI is InChI=1S/C13H24N2O/c1-10(9-13(2,3)4)8-12(16)11-6-7-15(5)14-11/h6-7,10,12,16H,8-9H2,1-5H3. The Hall–Kier alpha value is -0.830. The molecule has 0 aromatic carbocycles. The zero-order chi connectivity index (χ0) is 12.3. The van der Waals surface area contributed by atoms with Gasteiger partial charge in [0.2, 0.25) is 0 Å². The second-order valence-corrected chi connectivity index (χ2v) is 6.04. The number of aromatic nitrogens is 2. The van der Waals surface area contributed by atoms with E-state index < -0.39 is 6.10 Å². The molecule has 0 aliphatic carbocycles. The number of aryl methyl sites for hydroxylation is 1. The van der Waals surface area contributed by atoms with Crippen molar-refractivity contribution in [2.24, 2.45) is 18.4 Å². The highest BCUT2D eigenvalue weighted by molar-refractivity contribution is 5.02. The summed E-state index contributed by atoms with van der Waals surface area (Å²) in [6.07, 6.45) is 3.34. The topological polar surface area (TPSA) is 38.0 Å². The van der Waals surface area contributed by atoms with E-state index in [0.717, 1.165) is 18.5 Å². The molecule has 3 heteroatoms. The fraction of sp³-hybridized carbons (Fsp3) is 0.769. The third kappa shape index (κ3) is 4.35. The van der Waals surface area contributed by atoms with Gasteiger partial charge in [0, 0.05) is 13.2 Å². The fourth-order valence-corrected chi connectivity index (χ4v) is 2.24. The summed E-state index contributed by atoms with van der Waals surface area (Å²) < 4.78 is 1.73. The molecular formula is C13H24N2O. The fourth-order valence-electron chi connectivity index (χ4n) is 2.24. The molecule has 0 aliphatic heterocycles. The predicted molar refractivity (Wildman–Crippen MR) is 66.0 cm³/mol. The normalized spacial score (nSPS) is 16.1. The van der Waals surface area contributed by atoms with E-state index >= 15 is 0 Å². The quantitative estimate of drug-likeness (QED) is 0.854. The monoisotopic (exact) mass is 224 g/mol. The summed E-state index contributed by atoms with van der Waals surface area (Å²) in [5, 5.41) is 14.3. The highest BCUT2D eigenvalue weighted by atomic mass is 16.3. The summed E-state index contributed by atoms with van der Waals surface area (Å²) in [7, 11) is 1.87. The van der Waals surface area contributed by atoms with Crippen LogP contribution in [-0.2, 0) is 7.05 Å². The molecule has 1 rings (SSSR count). The van der Waals surface area contributed by atoms with Crippen molar-refractivity contribution < 1.29 is 5.11 Å². The minimum absolute atomic E-state index is 0.323. The van der Waals surface area contributed by atoms with Crippen LogP contribution in [0.4, 0.5) is 0 Å². The molecule has 1 aromatic rings. The van der Waals surface area contributed by atoms with Crippen molar-refractivity contribution in [3.8, 4) is 0 Å². The van der Waals surface area contributed by atoms with Crippen LogP contribution in [0.15, 0.2) is 12.3 Å². The number of hydrogen-bond donors (Lipinski definition) is 1. The molecule has 0 radical (unpaired) electrons. The second kappa shape index (κ2) is 5.00. The van der Waals surface area contributed by atoms with Crippen LogP contribution < -0.4 is 0 Å². The number of rotatable bonds is 4. The zero-order valence-electron chi connectivity index (χ0n) is 11.1. The van der Waals surface area contributed by atoms with Gasteiger partial charge in [0.1, 0.15) is 0 Å². The molecule has 0 bridgehead atoms. The van der Waals surface area contributed by atoms with Crippen molar-refractivity contribution >= 4 is 0 Å². The molecule has 0 saturated carbocycles.